The summed E-state index contributed by atoms with van der Waals surface area (Å²) < 4.78 is 6.01. The van der Waals surface area contributed by atoms with Crippen LogP contribution in [0.4, 0.5) is 0 Å². The predicted octanol–water partition coefficient (Wildman–Crippen LogP) is 2.41. The second kappa shape index (κ2) is 5.87. The van der Waals surface area contributed by atoms with E-state index in [0.29, 0.717) is 24.7 Å². The van der Waals surface area contributed by atoms with Crippen molar-refractivity contribution in [3.63, 3.8) is 0 Å². The number of hydrogen-bond donors (Lipinski definition) is 0. The number of carbonyl (C=O) groups excluding carboxylic acids is 1. The standard InChI is InChI=1S/C13H12ClN3O2S/c14-13-16-15-11(20-13)12(18)17-6-7-19-10(8-17)9-4-2-1-3-5-9/h1-5,10H,6-8H2. The minimum atomic E-state index is -0.140. The third-order valence-corrected chi connectivity index (χ3v) is 4.12. The highest BCUT2D eigenvalue weighted by Gasteiger charge is 2.27. The molecule has 0 bridgehead atoms. The average molecular weight is 310 g/mol. The highest BCUT2D eigenvalue weighted by molar-refractivity contribution is 7.17. The maximum atomic E-state index is 12.3. The molecule has 1 amide bonds. The molecule has 1 atom stereocenters. The molecular formula is C13H12ClN3O2S. The molecule has 2 aromatic rings. The molecule has 7 heteroatoms. The third-order valence-electron chi connectivity index (χ3n) is 3.11. The van der Waals surface area contributed by atoms with E-state index in [1.54, 1.807) is 4.90 Å². The van der Waals surface area contributed by atoms with Crippen LogP contribution in [0.25, 0.3) is 0 Å². The normalized spacial score (nSPS) is 19.1. The second-order valence-electron chi connectivity index (χ2n) is 4.38. The van der Waals surface area contributed by atoms with Crippen LogP contribution in [0, 0.1) is 0 Å². The lowest BCUT2D eigenvalue weighted by molar-refractivity contribution is -0.0228. The monoisotopic (exact) mass is 309 g/mol. The van der Waals surface area contributed by atoms with Gasteiger partial charge in [0.2, 0.25) is 9.47 Å². The van der Waals surface area contributed by atoms with Gasteiger partial charge in [0, 0.05) is 6.54 Å². The maximum absolute atomic E-state index is 12.3. The largest absolute Gasteiger partial charge is 0.370 e. The van der Waals surface area contributed by atoms with E-state index in [9.17, 15) is 4.79 Å². The summed E-state index contributed by atoms with van der Waals surface area (Å²) in [6.07, 6.45) is -0.0997. The molecule has 0 N–H and O–H groups in total. The van der Waals surface area contributed by atoms with Gasteiger partial charge in [-0.25, -0.2) is 0 Å². The molecule has 5 nitrogen and oxygen atoms in total. The van der Waals surface area contributed by atoms with Gasteiger partial charge in [-0.2, -0.15) is 0 Å². The van der Waals surface area contributed by atoms with Crippen LogP contribution < -0.4 is 0 Å². The number of amides is 1. The number of carbonyl (C=O) groups is 1. The molecule has 0 radical (unpaired) electrons. The van der Waals surface area contributed by atoms with Gasteiger partial charge in [0.25, 0.3) is 5.91 Å². The van der Waals surface area contributed by atoms with Crippen molar-refractivity contribution in [3.05, 3.63) is 45.4 Å². The molecule has 0 aliphatic carbocycles. The van der Waals surface area contributed by atoms with Crippen molar-refractivity contribution in [3.8, 4) is 0 Å². The van der Waals surface area contributed by atoms with Crippen molar-refractivity contribution in [1.29, 1.82) is 0 Å². The molecule has 0 saturated carbocycles. The number of halogens is 1. The summed E-state index contributed by atoms with van der Waals surface area (Å²) >= 11 is 6.82. The molecule has 1 aromatic carbocycles. The molecule has 3 rings (SSSR count). The minimum absolute atomic E-state index is 0.0997. The lowest BCUT2D eigenvalue weighted by Crippen LogP contribution is -2.42. The highest BCUT2D eigenvalue weighted by atomic mass is 35.5. The number of ether oxygens (including phenoxy) is 1. The van der Waals surface area contributed by atoms with E-state index in [1.165, 1.54) is 0 Å². The molecule has 1 fully saturated rings. The van der Waals surface area contributed by atoms with Crippen LogP contribution in [0.15, 0.2) is 30.3 Å². The van der Waals surface area contributed by atoms with Gasteiger partial charge in [-0.3, -0.25) is 4.79 Å². The first kappa shape index (κ1) is 13.5. The van der Waals surface area contributed by atoms with Gasteiger partial charge in [-0.1, -0.05) is 41.7 Å². The lowest BCUT2D eigenvalue weighted by atomic mass is 10.1. The van der Waals surface area contributed by atoms with Crippen molar-refractivity contribution >= 4 is 28.8 Å². The van der Waals surface area contributed by atoms with Gasteiger partial charge >= 0.3 is 0 Å². The Morgan fingerprint density at radius 1 is 1.35 bits per heavy atom. The predicted molar refractivity (Wildman–Crippen MR) is 76.0 cm³/mol. The first-order valence-corrected chi connectivity index (χ1v) is 7.38. The lowest BCUT2D eigenvalue weighted by Gasteiger charge is -2.32. The smallest absolute Gasteiger partial charge is 0.285 e. The topological polar surface area (TPSA) is 55.3 Å². The van der Waals surface area contributed by atoms with Crippen molar-refractivity contribution in [2.45, 2.75) is 6.10 Å². The van der Waals surface area contributed by atoms with E-state index < -0.39 is 0 Å². The molecule has 1 aromatic heterocycles. The number of hydrogen-bond acceptors (Lipinski definition) is 5. The third kappa shape index (κ3) is 2.82. The van der Waals surface area contributed by atoms with Crippen molar-refractivity contribution < 1.29 is 9.53 Å². The minimum Gasteiger partial charge on any atom is -0.370 e. The number of nitrogens with zero attached hydrogens (tertiary/aromatic N) is 3. The maximum Gasteiger partial charge on any atom is 0.285 e. The van der Waals surface area contributed by atoms with Crippen molar-refractivity contribution in [2.75, 3.05) is 19.7 Å². The zero-order valence-electron chi connectivity index (χ0n) is 10.5. The van der Waals surface area contributed by atoms with E-state index >= 15 is 0 Å². The van der Waals surface area contributed by atoms with Crippen LogP contribution >= 0.6 is 22.9 Å². The van der Waals surface area contributed by atoms with E-state index in [-0.39, 0.29) is 16.5 Å². The number of aromatic nitrogens is 2. The fourth-order valence-electron chi connectivity index (χ4n) is 2.13. The highest BCUT2D eigenvalue weighted by Crippen LogP contribution is 2.24. The van der Waals surface area contributed by atoms with Gasteiger partial charge in [0.15, 0.2) is 0 Å². The molecule has 0 spiro atoms. The Hall–Kier alpha value is -1.50. The van der Waals surface area contributed by atoms with Crippen LogP contribution in [-0.4, -0.2) is 40.7 Å². The Bertz CT molecular complexity index is 605. The van der Waals surface area contributed by atoms with E-state index in [0.717, 1.165) is 16.9 Å². The molecule has 1 unspecified atom stereocenters. The second-order valence-corrected chi connectivity index (χ2v) is 5.94. The van der Waals surface area contributed by atoms with E-state index in [2.05, 4.69) is 10.2 Å². The SMILES string of the molecule is O=C(c1nnc(Cl)s1)N1CCOC(c2ccccc2)C1. The summed E-state index contributed by atoms with van der Waals surface area (Å²) in [5.41, 5.74) is 1.07. The van der Waals surface area contributed by atoms with Gasteiger partial charge in [0.1, 0.15) is 6.10 Å². The molecule has 1 saturated heterocycles. The van der Waals surface area contributed by atoms with Crippen LogP contribution in [0.1, 0.15) is 21.5 Å². The number of benzene rings is 1. The molecule has 1 aliphatic heterocycles. The van der Waals surface area contributed by atoms with E-state index in [4.69, 9.17) is 16.3 Å². The van der Waals surface area contributed by atoms with Gasteiger partial charge < -0.3 is 9.64 Å². The fraction of sp³-hybridized carbons (Fsp3) is 0.308. The molecule has 104 valence electrons. The first-order valence-electron chi connectivity index (χ1n) is 6.19. The van der Waals surface area contributed by atoms with Crippen LogP contribution in [0.3, 0.4) is 0 Å². The number of rotatable bonds is 2. The Kier molecular flexibility index (Phi) is 3.95. The quantitative estimate of drug-likeness (QED) is 0.855. The summed E-state index contributed by atoms with van der Waals surface area (Å²) in [7, 11) is 0. The summed E-state index contributed by atoms with van der Waals surface area (Å²) in [4.78, 5) is 14.0. The van der Waals surface area contributed by atoms with Crippen molar-refractivity contribution in [2.24, 2.45) is 0 Å². The Labute approximate surface area is 125 Å². The fourth-order valence-corrected chi connectivity index (χ4v) is 2.93. The molecular weight excluding hydrogens is 298 g/mol. The van der Waals surface area contributed by atoms with E-state index in [1.807, 2.05) is 30.3 Å². The van der Waals surface area contributed by atoms with Crippen molar-refractivity contribution in [1.82, 2.24) is 15.1 Å². The Morgan fingerprint density at radius 3 is 2.85 bits per heavy atom. The van der Waals surface area contributed by atoms with Gasteiger partial charge in [-0.05, 0) is 17.2 Å². The summed E-state index contributed by atoms with van der Waals surface area (Å²) in [5.74, 6) is -0.140. The summed E-state index contributed by atoms with van der Waals surface area (Å²) in [6.45, 7) is 1.58. The van der Waals surface area contributed by atoms with Gasteiger partial charge in [-0.15, -0.1) is 10.2 Å². The van der Waals surface area contributed by atoms with Crippen LogP contribution in [0.2, 0.25) is 4.47 Å². The molecule has 2 heterocycles. The van der Waals surface area contributed by atoms with Crippen LogP contribution in [-0.2, 0) is 4.74 Å². The zero-order chi connectivity index (χ0) is 13.9. The number of morpholine rings is 1. The first-order chi connectivity index (χ1) is 9.74. The molecule has 1 aliphatic rings. The summed E-state index contributed by atoms with van der Waals surface area (Å²) in [6, 6.07) is 9.88. The summed E-state index contributed by atoms with van der Waals surface area (Å²) in [5, 5.41) is 7.78. The Balaban J connectivity index is 1.74. The zero-order valence-corrected chi connectivity index (χ0v) is 12.1. The van der Waals surface area contributed by atoms with Crippen LogP contribution in [0.5, 0.6) is 0 Å². The molecule has 20 heavy (non-hydrogen) atoms. The van der Waals surface area contributed by atoms with Gasteiger partial charge in [0.05, 0.1) is 13.2 Å². The Morgan fingerprint density at radius 2 is 2.15 bits per heavy atom. The average Bonchev–Trinajstić information content (AvgIpc) is 2.94.